The number of nitrogens with one attached hydrogen (secondary N) is 1. The third kappa shape index (κ3) is 4.86. The summed E-state index contributed by atoms with van der Waals surface area (Å²) in [5.74, 6) is 0.163. The van der Waals surface area contributed by atoms with E-state index in [9.17, 15) is 9.18 Å². The molecule has 0 heterocycles. The highest BCUT2D eigenvalue weighted by Crippen LogP contribution is 2.24. The number of thioether (sulfide) groups is 1. The number of rotatable bonds is 5. The van der Waals surface area contributed by atoms with E-state index in [1.54, 1.807) is 12.1 Å². The largest absolute Gasteiger partial charge is 0.325 e. The molecule has 2 aromatic rings. The summed E-state index contributed by atoms with van der Waals surface area (Å²) >= 11 is 9.51. The van der Waals surface area contributed by atoms with E-state index in [2.05, 4.69) is 27.9 Å². The molecule has 2 aromatic carbocycles. The molecule has 0 bridgehead atoms. The van der Waals surface area contributed by atoms with Crippen molar-refractivity contribution in [3.8, 4) is 0 Å². The zero-order valence-electron chi connectivity index (χ0n) is 11.8. The average molecular weight is 450 g/mol. The van der Waals surface area contributed by atoms with E-state index in [1.807, 2.05) is 25.1 Å². The summed E-state index contributed by atoms with van der Waals surface area (Å²) in [5.41, 5.74) is 2.25. The van der Waals surface area contributed by atoms with E-state index < -0.39 is 0 Å². The highest BCUT2D eigenvalue weighted by atomic mass is 127. The van der Waals surface area contributed by atoms with Gasteiger partial charge < -0.3 is 5.32 Å². The van der Waals surface area contributed by atoms with Gasteiger partial charge in [-0.2, -0.15) is 0 Å². The van der Waals surface area contributed by atoms with Gasteiger partial charge in [0.2, 0.25) is 5.91 Å². The number of amides is 1. The summed E-state index contributed by atoms with van der Waals surface area (Å²) in [6, 6.07) is 10.4. The second kappa shape index (κ2) is 8.17. The monoisotopic (exact) mass is 449 g/mol. The van der Waals surface area contributed by atoms with Crippen molar-refractivity contribution in [3.05, 3.63) is 61.9 Å². The van der Waals surface area contributed by atoms with Gasteiger partial charge in [-0.3, -0.25) is 4.79 Å². The summed E-state index contributed by atoms with van der Waals surface area (Å²) in [7, 11) is 0. The van der Waals surface area contributed by atoms with Gasteiger partial charge >= 0.3 is 0 Å². The summed E-state index contributed by atoms with van der Waals surface area (Å²) < 4.78 is 14.7. The van der Waals surface area contributed by atoms with Crippen molar-refractivity contribution in [2.45, 2.75) is 12.7 Å². The Morgan fingerprint density at radius 3 is 2.82 bits per heavy atom. The Kier molecular flexibility index (Phi) is 6.52. The number of hydrogen-bond donors (Lipinski definition) is 1. The van der Waals surface area contributed by atoms with Gasteiger partial charge in [-0.1, -0.05) is 17.7 Å². The minimum atomic E-state index is -0.339. The van der Waals surface area contributed by atoms with Crippen LogP contribution in [0.2, 0.25) is 5.02 Å². The van der Waals surface area contributed by atoms with Crippen molar-refractivity contribution in [3.63, 3.8) is 0 Å². The molecule has 2 rings (SSSR count). The predicted molar refractivity (Wildman–Crippen MR) is 100 cm³/mol. The predicted octanol–water partition coefficient (Wildman–Crippen LogP) is 5.26. The summed E-state index contributed by atoms with van der Waals surface area (Å²) in [4.78, 5) is 11.9. The number of aryl methyl sites for hydroxylation is 1. The molecule has 0 fully saturated rings. The zero-order valence-corrected chi connectivity index (χ0v) is 15.6. The Hall–Kier alpha value is -0.790. The molecule has 116 valence electrons. The molecule has 6 heteroatoms. The highest BCUT2D eigenvalue weighted by Gasteiger charge is 2.09. The van der Waals surface area contributed by atoms with Crippen LogP contribution in [0.3, 0.4) is 0 Å². The molecule has 0 atom stereocenters. The number of hydrogen-bond acceptors (Lipinski definition) is 2. The average Bonchev–Trinajstić information content (AvgIpc) is 2.45. The Bertz CT molecular complexity index is 676. The normalized spacial score (nSPS) is 10.5. The summed E-state index contributed by atoms with van der Waals surface area (Å²) in [6.45, 7) is 1.95. The van der Waals surface area contributed by atoms with Gasteiger partial charge in [0, 0.05) is 25.6 Å². The lowest BCUT2D eigenvalue weighted by atomic mass is 10.2. The molecule has 0 unspecified atom stereocenters. The van der Waals surface area contributed by atoms with Crippen LogP contribution in [0.5, 0.6) is 0 Å². The quantitative estimate of drug-likeness (QED) is 0.631. The molecular weight excluding hydrogens is 436 g/mol. The van der Waals surface area contributed by atoms with E-state index in [0.29, 0.717) is 16.3 Å². The van der Waals surface area contributed by atoms with Crippen LogP contribution in [0, 0.1) is 16.3 Å². The number of halogens is 3. The van der Waals surface area contributed by atoms with Crippen molar-refractivity contribution < 1.29 is 9.18 Å². The first-order valence-electron chi connectivity index (χ1n) is 6.54. The van der Waals surface area contributed by atoms with Crippen molar-refractivity contribution in [2.75, 3.05) is 11.1 Å². The Morgan fingerprint density at radius 1 is 1.36 bits per heavy atom. The number of anilines is 1. The molecule has 0 spiro atoms. The number of carbonyl (C=O) groups excluding carboxylic acids is 1. The van der Waals surface area contributed by atoms with Crippen LogP contribution in [-0.4, -0.2) is 11.7 Å². The molecular formula is C16H14ClFINOS. The van der Waals surface area contributed by atoms with Gasteiger partial charge in [-0.25, -0.2) is 4.39 Å². The fourth-order valence-electron chi connectivity index (χ4n) is 1.87. The molecule has 1 N–H and O–H groups in total. The smallest absolute Gasteiger partial charge is 0.234 e. The van der Waals surface area contributed by atoms with Gasteiger partial charge in [0.1, 0.15) is 5.82 Å². The second-order valence-electron chi connectivity index (χ2n) is 4.70. The van der Waals surface area contributed by atoms with Crippen molar-refractivity contribution in [2.24, 2.45) is 0 Å². The fourth-order valence-corrected chi connectivity index (χ4v) is 3.68. The molecule has 0 aromatic heterocycles. The molecule has 22 heavy (non-hydrogen) atoms. The van der Waals surface area contributed by atoms with Gasteiger partial charge in [-0.05, 0) is 65.4 Å². The van der Waals surface area contributed by atoms with Crippen molar-refractivity contribution in [1.82, 2.24) is 0 Å². The van der Waals surface area contributed by atoms with Gasteiger partial charge in [0.05, 0.1) is 5.75 Å². The van der Waals surface area contributed by atoms with E-state index in [-0.39, 0.29) is 17.5 Å². The molecule has 0 saturated heterocycles. The van der Waals surface area contributed by atoms with Gasteiger partial charge in [0.25, 0.3) is 0 Å². The molecule has 0 aliphatic carbocycles. The Balaban J connectivity index is 1.88. The molecule has 1 amide bonds. The van der Waals surface area contributed by atoms with E-state index >= 15 is 0 Å². The standard InChI is InChI=1S/C16H14ClFINOS/c1-10-7-11(19)5-6-15(10)20-16(21)9-22-8-12-13(17)3-2-4-14(12)18/h2-7H,8-9H2,1H3,(H,20,21). The topological polar surface area (TPSA) is 29.1 Å². The fraction of sp³-hybridized carbons (Fsp3) is 0.188. The van der Waals surface area contributed by atoms with Crippen LogP contribution >= 0.6 is 46.0 Å². The lowest BCUT2D eigenvalue weighted by Gasteiger charge is -2.09. The first-order valence-corrected chi connectivity index (χ1v) is 9.15. The Morgan fingerprint density at radius 2 is 2.14 bits per heavy atom. The van der Waals surface area contributed by atoms with Crippen LogP contribution in [0.1, 0.15) is 11.1 Å². The first kappa shape index (κ1) is 17.6. The third-order valence-corrected chi connectivity index (χ3v) is 4.99. The van der Waals surface area contributed by atoms with Crippen LogP contribution in [-0.2, 0) is 10.5 Å². The van der Waals surface area contributed by atoms with Crippen LogP contribution in [0.25, 0.3) is 0 Å². The lowest BCUT2D eigenvalue weighted by Crippen LogP contribution is -2.15. The van der Waals surface area contributed by atoms with Crippen LogP contribution < -0.4 is 5.32 Å². The number of benzene rings is 2. The minimum absolute atomic E-state index is 0.109. The maximum atomic E-state index is 13.6. The van der Waals surface area contributed by atoms with Crippen LogP contribution in [0.15, 0.2) is 36.4 Å². The lowest BCUT2D eigenvalue weighted by molar-refractivity contribution is -0.113. The van der Waals surface area contributed by atoms with Gasteiger partial charge in [-0.15, -0.1) is 11.8 Å². The maximum Gasteiger partial charge on any atom is 0.234 e. The van der Waals surface area contributed by atoms with E-state index in [0.717, 1.165) is 14.8 Å². The summed E-state index contributed by atoms with van der Waals surface area (Å²) in [5, 5.41) is 3.25. The SMILES string of the molecule is Cc1cc(I)ccc1NC(=O)CSCc1c(F)cccc1Cl. The molecule has 0 saturated carbocycles. The Labute approximate surface area is 152 Å². The molecule has 0 aliphatic rings. The summed E-state index contributed by atoms with van der Waals surface area (Å²) in [6.07, 6.45) is 0. The third-order valence-electron chi connectivity index (χ3n) is 3.00. The first-order chi connectivity index (χ1) is 10.5. The van der Waals surface area contributed by atoms with Crippen molar-refractivity contribution in [1.29, 1.82) is 0 Å². The highest BCUT2D eigenvalue weighted by molar-refractivity contribution is 14.1. The van der Waals surface area contributed by atoms with E-state index in [4.69, 9.17) is 11.6 Å². The molecule has 0 aliphatic heterocycles. The van der Waals surface area contributed by atoms with Crippen LogP contribution in [0.4, 0.5) is 10.1 Å². The molecule has 2 nitrogen and oxygen atoms in total. The minimum Gasteiger partial charge on any atom is -0.325 e. The zero-order chi connectivity index (χ0) is 16.1. The second-order valence-corrected chi connectivity index (χ2v) is 7.34. The van der Waals surface area contributed by atoms with E-state index in [1.165, 1.54) is 17.8 Å². The maximum absolute atomic E-state index is 13.6. The van der Waals surface area contributed by atoms with Gasteiger partial charge in [0.15, 0.2) is 0 Å². The van der Waals surface area contributed by atoms with Crippen molar-refractivity contribution >= 4 is 57.5 Å². The number of carbonyl (C=O) groups is 1. The molecule has 0 radical (unpaired) electrons.